The third-order valence-corrected chi connectivity index (χ3v) is 0.943. The van der Waals surface area contributed by atoms with E-state index in [-0.39, 0.29) is 0 Å². The first-order valence-corrected chi connectivity index (χ1v) is 3.60. The highest BCUT2D eigenvalue weighted by Gasteiger charge is 2.22. The molecule has 0 aromatic rings. The fraction of sp³-hybridized carbons (Fsp3) is 1.00. The van der Waals surface area contributed by atoms with Crippen molar-refractivity contribution in [3.63, 3.8) is 0 Å². The maximum absolute atomic E-state index is 12.2. The van der Waals surface area contributed by atoms with Crippen molar-refractivity contribution in [3.8, 4) is 0 Å². The molecule has 56 valence electrons. The van der Waals surface area contributed by atoms with E-state index in [2.05, 4.69) is 9.32 Å². The van der Waals surface area contributed by atoms with E-state index in [1.807, 2.05) is 0 Å². The number of nitrogens with two attached hydrogens (primary N) is 1. The standard InChI is InChI=1S/C3H8FNO3S/c1-3(2,4)8-9(5,6)7/h1-2H3,(H2,5,6,7). The van der Waals surface area contributed by atoms with Crippen LogP contribution in [0, 0.1) is 0 Å². The van der Waals surface area contributed by atoms with Gasteiger partial charge in [-0.15, -0.1) is 0 Å². The Labute approximate surface area is 53.1 Å². The van der Waals surface area contributed by atoms with Crippen molar-refractivity contribution in [1.29, 1.82) is 0 Å². The monoisotopic (exact) mass is 157 g/mol. The van der Waals surface area contributed by atoms with Crippen LogP contribution in [0.5, 0.6) is 0 Å². The predicted octanol–water partition coefficient (Wildman–Crippen LogP) is -0.0879. The summed E-state index contributed by atoms with van der Waals surface area (Å²) in [6.45, 7) is 1.88. The lowest BCUT2D eigenvalue weighted by Gasteiger charge is -2.11. The molecule has 0 saturated carbocycles. The van der Waals surface area contributed by atoms with Gasteiger partial charge < -0.3 is 0 Å². The summed E-state index contributed by atoms with van der Waals surface area (Å²) in [5.74, 6) is -2.23. The molecule has 0 spiro atoms. The molecule has 0 aromatic carbocycles. The van der Waals surface area contributed by atoms with Gasteiger partial charge in [-0.3, -0.25) is 0 Å². The average molecular weight is 157 g/mol. The second-order valence-corrected chi connectivity index (χ2v) is 3.09. The van der Waals surface area contributed by atoms with Crippen molar-refractivity contribution in [3.05, 3.63) is 0 Å². The van der Waals surface area contributed by atoms with Crippen LogP contribution in [0.25, 0.3) is 0 Å². The van der Waals surface area contributed by atoms with E-state index in [0.717, 1.165) is 13.8 Å². The van der Waals surface area contributed by atoms with Crippen molar-refractivity contribution < 1.29 is 17.0 Å². The molecule has 0 bridgehead atoms. The van der Waals surface area contributed by atoms with Crippen molar-refractivity contribution in [1.82, 2.24) is 0 Å². The molecule has 0 amide bonds. The smallest absolute Gasteiger partial charge is 0.219 e. The number of hydrogen-bond acceptors (Lipinski definition) is 3. The minimum absolute atomic E-state index is 0.942. The third kappa shape index (κ3) is 7.80. The third-order valence-electron chi connectivity index (χ3n) is 0.314. The maximum atomic E-state index is 12.2. The molecule has 0 rings (SSSR count). The minimum Gasteiger partial charge on any atom is -0.219 e. The Morgan fingerprint density at radius 3 is 1.89 bits per heavy atom. The molecule has 0 radical (unpaired) electrons. The van der Waals surface area contributed by atoms with Gasteiger partial charge in [-0.25, -0.2) is 13.7 Å². The summed E-state index contributed by atoms with van der Waals surface area (Å²) in [6.07, 6.45) is 0. The fourth-order valence-corrected chi connectivity index (χ4v) is 0.829. The van der Waals surface area contributed by atoms with Crippen LogP contribution in [-0.2, 0) is 14.5 Å². The maximum Gasteiger partial charge on any atom is 0.336 e. The zero-order valence-electron chi connectivity index (χ0n) is 5.09. The fourth-order valence-electron chi connectivity index (χ4n) is 0.276. The van der Waals surface area contributed by atoms with Gasteiger partial charge in [-0.05, 0) is 13.8 Å². The van der Waals surface area contributed by atoms with Crippen LogP contribution < -0.4 is 5.14 Å². The van der Waals surface area contributed by atoms with Crippen molar-refractivity contribution in [2.75, 3.05) is 0 Å². The first-order valence-electron chi connectivity index (χ1n) is 2.13. The van der Waals surface area contributed by atoms with E-state index in [4.69, 9.17) is 0 Å². The summed E-state index contributed by atoms with van der Waals surface area (Å²) in [7, 11) is -4.16. The van der Waals surface area contributed by atoms with Crippen LogP contribution in [0.3, 0.4) is 0 Å². The highest BCUT2D eigenvalue weighted by molar-refractivity contribution is 7.84. The molecule has 0 saturated heterocycles. The Morgan fingerprint density at radius 1 is 1.56 bits per heavy atom. The van der Waals surface area contributed by atoms with Gasteiger partial charge in [-0.2, -0.15) is 8.42 Å². The largest absolute Gasteiger partial charge is 0.336 e. The highest BCUT2D eigenvalue weighted by atomic mass is 32.2. The number of hydrogen-bond donors (Lipinski definition) is 1. The zero-order chi connectivity index (χ0) is 7.71. The van der Waals surface area contributed by atoms with E-state index >= 15 is 0 Å². The Morgan fingerprint density at radius 2 is 1.89 bits per heavy atom. The van der Waals surface area contributed by atoms with Crippen LogP contribution in [0.4, 0.5) is 4.39 Å². The van der Waals surface area contributed by atoms with Crippen LogP contribution in [0.15, 0.2) is 0 Å². The first-order chi connectivity index (χ1) is 3.71. The van der Waals surface area contributed by atoms with Crippen molar-refractivity contribution >= 4 is 10.3 Å². The molecule has 4 nitrogen and oxygen atoms in total. The van der Waals surface area contributed by atoms with Gasteiger partial charge in [0.2, 0.25) is 5.85 Å². The molecule has 6 heteroatoms. The van der Waals surface area contributed by atoms with Gasteiger partial charge in [0.1, 0.15) is 0 Å². The Bertz CT molecular complexity index is 180. The second-order valence-electron chi connectivity index (χ2n) is 1.94. The Balaban J connectivity index is 4.07. The number of alkyl halides is 1. The van der Waals surface area contributed by atoms with Gasteiger partial charge in [0.25, 0.3) is 0 Å². The first kappa shape index (κ1) is 8.80. The van der Waals surface area contributed by atoms with Crippen LogP contribution in [0.2, 0.25) is 0 Å². The predicted molar refractivity (Wildman–Crippen MR) is 29.4 cm³/mol. The summed E-state index contributed by atoms with van der Waals surface area (Å²) in [5.41, 5.74) is 0. The van der Waals surface area contributed by atoms with Gasteiger partial charge in [0, 0.05) is 0 Å². The van der Waals surface area contributed by atoms with Crippen LogP contribution in [-0.4, -0.2) is 14.3 Å². The van der Waals surface area contributed by atoms with Gasteiger partial charge >= 0.3 is 10.3 Å². The molecule has 0 unspecified atom stereocenters. The number of rotatable bonds is 2. The summed E-state index contributed by atoms with van der Waals surface area (Å²) < 4.78 is 35.8. The summed E-state index contributed by atoms with van der Waals surface area (Å²) in [4.78, 5) is 0. The van der Waals surface area contributed by atoms with E-state index in [9.17, 15) is 12.8 Å². The second kappa shape index (κ2) is 2.20. The van der Waals surface area contributed by atoms with Crippen molar-refractivity contribution in [2.45, 2.75) is 19.7 Å². The van der Waals surface area contributed by atoms with E-state index < -0.39 is 16.2 Å². The Kier molecular flexibility index (Phi) is 2.15. The molecule has 0 aliphatic heterocycles. The van der Waals surface area contributed by atoms with E-state index in [1.165, 1.54) is 0 Å². The molecule has 2 N–H and O–H groups in total. The molecule has 0 heterocycles. The highest BCUT2D eigenvalue weighted by Crippen LogP contribution is 2.11. The number of halogens is 1. The molecule has 9 heavy (non-hydrogen) atoms. The summed E-state index contributed by atoms with van der Waals surface area (Å²) >= 11 is 0. The topological polar surface area (TPSA) is 69.4 Å². The lowest BCUT2D eigenvalue weighted by molar-refractivity contribution is -0.0193. The van der Waals surface area contributed by atoms with Gasteiger partial charge in [0.15, 0.2) is 0 Å². The zero-order valence-corrected chi connectivity index (χ0v) is 5.90. The quantitative estimate of drug-likeness (QED) is 0.609. The van der Waals surface area contributed by atoms with E-state index in [1.54, 1.807) is 0 Å². The van der Waals surface area contributed by atoms with Crippen LogP contribution >= 0.6 is 0 Å². The van der Waals surface area contributed by atoms with Gasteiger partial charge in [0.05, 0.1) is 0 Å². The molecular formula is C3H8FNO3S. The molecule has 0 fully saturated rings. The Hall–Kier alpha value is -0.200. The average Bonchev–Trinajstić information content (AvgIpc) is 1.14. The lowest BCUT2D eigenvalue weighted by atomic mass is 10.4. The molecule has 0 aromatic heterocycles. The van der Waals surface area contributed by atoms with Crippen LogP contribution in [0.1, 0.15) is 13.8 Å². The summed E-state index contributed by atoms with van der Waals surface area (Å²) in [6, 6.07) is 0. The SMILES string of the molecule is CC(C)(F)OS(N)(=O)=O. The lowest BCUT2D eigenvalue weighted by Crippen LogP contribution is -2.27. The van der Waals surface area contributed by atoms with E-state index in [0.29, 0.717) is 0 Å². The molecule has 0 atom stereocenters. The van der Waals surface area contributed by atoms with Gasteiger partial charge in [-0.1, -0.05) is 0 Å². The normalized spacial score (nSPS) is 13.8. The van der Waals surface area contributed by atoms with Crippen molar-refractivity contribution in [2.24, 2.45) is 5.14 Å². The molecule has 0 aliphatic rings. The minimum atomic E-state index is -4.16. The molecule has 0 aliphatic carbocycles. The molecular weight excluding hydrogens is 149 g/mol. The summed E-state index contributed by atoms with van der Waals surface area (Å²) in [5, 5.41) is 4.33.